The van der Waals surface area contributed by atoms with Crippen molar-refractivity contribution in [3.05, 3.63) is 73.3 Å². The maximum absolute atomic E-state index is 13.2. The Kier molecular flexibility index (Phi) is 4.75. The fourth-order valence-electron chi connectivity index (χ4n) is 3.55. The number of aromatic amines is 1. The Balaban J connectivity index is 1.58. The molecule has 0 aliphatic carbocycles. The van der Waals surface area contributed by atoms with E-state index in [1.165, 1.54) is 12.5 Å². The third-order valence-corrected chi connectivity index (χ3v) is 7.02. The quantitative estimate of drug-likeness (QED) is 0.420. The highest BCUT2D eigenvalue weighted by Crippen LogP contribution is 2.32. The molecule has 2 N–H and O–H groups in total. The van der Waals surface area contributed by atoms with Crippen LogP contribution in [0.3, 0.4) is 0 Å². The van der Waals surface area contributed by atoms with E-state index in [0.29, 0.717) is 22.4 Å². The molecular formula is C23H20N6O2S. The van der Waals surface area contributed by atoms with Crippen molar-refractivity contribution < 1.29 is 8.42 Å². The lowest BCUT2D eigenvalue weighted by molar-refractivity contribution is 0.597. The van der Waals surface area contributed by atoms with Crippen LogP contribution < -0.4 is 10.2 Å². The molecule has 3 aromatic heterocycles. The average Bonchev–Trinajstić information content (AvgIpc) is 3.24. The lowest BCUT2D eigenvalue weighted by atomic mass is 10.2. The van der Waals surface area contributed by atoms with E-state index in [0.717, 1.165) is 16.7 Å². The molecule has 5 rings (SSSR count). The molecule has 0 aliphatic heterocycles. The molecule has 3 heterocycles. The van der Waals surface area contributed by atoms with E-state index in [9.17, 15) is 8.42 Å². The molecule has 0 fully saturated rings. The number of nitrogens with one attached hydrogen (secondary N) is 2. The number of pyridine rings is 1. The monoisotopic (exact) mass is 444 g/mol. The van der Waals surface area contributed by atoms with E-state index in [4.69, 9.17) is 0 Å². The Labute approximate surface area is 184 Å². The summed E-state index contributed by atoms with van der Waals surface area (Å²) < 4.78 is 26.4. The third-order valence-electron chi connectivity index (χ3n) is 5.22. The topological polar surface area (TPSA) is 104 Å². The van der Waals surface area contributed by atoms with Crippen LogP contribution in [-0.4, -0.2) is 42.4 Å². The molecule has 0 radical (unpaired) electrons. The van der Waals surface area contributed by atoms with Gasteiger partial charge in [-0.25, -0.2) is 23.4 Å². The normalized spacial score (nSPS) is 11.7. The van der Waals surface area contributed by atoms with Gasteiger partial charge in [-0.1, -0.05) is 18.2 Å². The number of nitrogens with zero attached hydrogens (tertiary/aromatic N) is 4. The smallest absolute Gasteiger partial charge is 0.208 e. The maximum Gasteiger partial charge on any atom is 0.208 e. The van der Waals surface area contributed by atoms with Crippen LogP contribution >= 0.6 is 0 Å². The lowest BCUT2D eigenvalue weighted by Gasteiger charge is -2.13. The Morgan fingerprint density at radius 3 is 2.53 bits per heavy atom. The van der Waals surface area contributed by atoms with Crippen LogP contribution in [0, 0.1) is 0 Å². The largest absolute Gasteiger partial charge is 0.363 e. The zero-order chi connectivity index (χ0) is 22.3. The molecule has 0 bridgehead atoms. The van der Waals surface area contributed by atoms with Crippen molar-refractivity contribution >= 4 is 49.0 Å². The van der Waals surface area contributed by atoms with Gasteiger partial charge >= 0.3 is 0 Å². The van der Waals surface area contributed by atoms with E-state index >= 15 is 0 Å². The zero-order valence-electron chi connectivity index (χ0n) is 17.4. The van der Waals surface area contributed by atoms with Crippen molar-refractivity contribution in [2.24, 2.45) is 0 Å². The predicted molar refractivity (Wildman–Crippen MR) is 125 cm³/mol. The number of rotatable bonds is 5. The van der Waals surface area contributed by atoms with E-state index in [1.54, 1.807) is 36.5 Å². The second kappa shape index (κ2) is 7.61. The minimum absolute atomic E-state index is 0.231. The fraction of sp³-hybridized carbons (Fsp3) is 0.0870. The standard InChI is InChI=1S/C23H20N6O2S/c1-29(2)22-11-18-20(12-25-22)26-14-27-23(18)28-15-8-9-19-17(10-15)21(13-24-19)32(30,31)16-6-4-3-5-7-16/h3-14,24H,1-2H3,(H,26,27,28). The van der Waals surface area contributed by atoms with Crippen LogP contribution in [0.5, 0.6) is 0 Å². The molecule has 0 amide bonds. The van der Waals surface area contributed by atoms with Crippen molar-refractivity contribution in [2.75, 3.05) is 24.3 Å². The van der Waals surface area contributed by atoms with Crippen molar-refractivity contribution in [1.82, 2.24) is 19.9 Å². The number of anilines is 3. The van der Waals surface area contributed by atoms with Gasteiger partial charge in [0.1, 0.15) is 18.0 Å². The minimum Gasteiger partial charge on any atom is -0.363 e. The second-order valence-electron chi connectivity index (χ2n) is 7.53. The van der Waals surface area contributed by atoms with Gasteiger partial charge in [0.05, 0.1) is 21.5 Å². The molecule has 0 saturated heterocycles. The molecule has 32 heavy (non-hydrogen) atoms. The van der Waals surface area contributed by atoms with E-state index < -0.39 is 9.84 Å². The molecule has 0 saturated carbocycles. The number of benzene rings is 2. The van der Waals surface area contributed by atoms with Crippen LogP contribution in [0.1, 0.15) is 0 Å². The Morgan fingerprint density at radius 1 is 0.938 bits per heavy atom. The number of aromatic nitrogens is 4. The van der Waals surface area contributed by atoms with Crippen LogP contribution in [0.4, 0.5) is 17.3 Å². The van der Waals surface area contributed by atoms with Gasteiger partial charge in [-0.15, -0.1) is 0 Å². The van der Waals surface area contributed by atoms with Gasteiger partial charge in [0.25, 0.3) is 0 Å². The van der Waals surface area contributed by atoms with Crippen LogP contribution in [0.25, 0.3) is 21.8 Å². The minimum atomic E-state index is -3.66. The second-order valence-corrected chi connectivity index (χ2v) is 9.45. The number of hydrogen-bond acceptors (Lipinski definition) is 7. The summed E-state index contributed by atoms with van der Waals surface area (Å²) >= 11 is 0. The number of hydrogen-bond donors (Lipinski definition) is 2. The highest BCUT2D eigenvalue weighted by molar-refractivity contribution is 7.91. The first-order valence-electron chi connectivity index (χ1n) is 9.90. The summed E-state index contributed by atoms with van der Waals surface area (Å²) in [6.07, 6.45) is 4.71. The highest BCUT2D eigenvalue weighted by atomic mass is 32.2. The Bertz CT molecular complexity index is 1550. The van der Waals surface area contributed by atoms with E-state index in [1.807, 2.05) is 43.3 Å². The predicted octanol–water partition coefficient (Wildman–Crippen LogP) is 4.15. The molecule has 0 aliphatic rings. The van der Waals surface area contributed by atoms with Gasteiger partial charge in [0.15, 0.2) is 0 Å². The molecule has 160 valence electrons. The van der Waals surface area contributed by atoms with Crippen LogP contribution in [-0.2, 0) is 9.84 Å². The van der Waals surface area contributed by atoms with Gasteiger partial charge in [-0.2, -0.15) is 0 Å². The van der Waals surface area contributed by atoms with Crippen molar-refractivity contribution in [1.29, 1.82) is 0 Å². The van der Waals surface area contributed by atoms with E-state index in [-0.39, 0.29) is 9.79 Å². The molecule has 2 aromatic carbocycles. The summed E-state index contributed by atoms with van der Waals surface area (Å²) in [6, 6.07) is 15.9. The van der Waals surface area contributed by atoms with E-state index in [2.05, 4.69) is 25.3 Å². The van der Waals surface area contributed by atoms with Gasteiger partial charge in [-0.05, 0) is 36.4 Å². The molecular weight excluding hydrogens is 424 g/mol. The van der Waals surface area contributed by atoms with Gasteiger partial charge in [-0.3, -0.25) is 0 Å². The molecule has 0 atom stereocenters. The average molecular weight is 445 g/mol. The summed E-state index contributed by atoms with van der Waals surface area (Å²) in [5, 5.41) is 4.73. The number of fused-ring (bicyclic) bond motifs is 2. The summed E-state index contributed by atoms with van der Waals surface area (Å²) in [4.78, 5) is 18.5. The molecule has 8 nitrogen and oxygen atoms in total. The van der Waals surface area contributed by atoms with Gasteiger partial charge in [0, 0.05) is 42.3 Å². The summed E-state index contributed by atoms with van der Waals surface area (Å²) in [6.45, 7) is 0. The molecule has 9 heteroatoms. The third kappa shape index (κ3) is 3.42. The fourth-order valence-corrected chi connectivity index (χ4v) is 4.99. The first kappa shape index (κ1) is 20.0. The molecule has 0 spiro atoms. The Morgan fingerprint density at radius 2 is 1.75 bits per heavy atom. The van der Waals surface area contributed by atoms with Gasteiger partial charge < -0.3 is 15.2 Å². The van der Waals surface area contributed by atoms with Crippen LogP contribution in [0.15, 0.2) is 83.1 Å². The molecule has 0 unspecified atom stereocenters. The van der Waals surface area contributed by atoms with Gasteiger partial charge in [0.2, 0.25) is 9.84 Å². The van der Waals surface area contributed by atoms with Crippen LogP contribution in [0.2, 0.25) is 0 Å². The summed E-state index contributed by atoms with van der Waals surface area (Å²) in [5.74, 6) is 1.40. The summed E-state index contributed by atoms with van der Waals surface area (Å²) in [5.41, 5.74) is 2.16. The zero-order valence-corrected chi connectivity index (χ0v) is 18.3. The lowest BCUT2D eigenvalue weighted by Crippen LogP contribution is -2.10. The van der Waals surface area contributed by atoms with Crippen molar-refractivity contribution in [3.63, 3.8) is 0 Å². The molecule has 5 aromatic rings. The SMILES string of the molecule is CN(C)c1cc2c(Nc3ccc4[nH]cc(S(=O)(=O)c5ccccc5)c4c3)ncnc2cn1. The van der Waals surface area contributed by atoms with Crippen molar-refractivity contribution in [2.45, 2.75) is 9.79 Å². The number of H-pyrrole nitrogens is 1. The number of sulfone groups is 1. The Hall–Kier alpha value is -3.98. The van der Waals surface area contributed by atoms with Crippen molar-refractivity contribution in [3.8, 4) is 0 Å². The maximum atomic E-state index is 13.2. The first-order valence-corrected chi connectivity index (χ1v) is 11.4. The highest BCUT2D eigenvalue weighted by Gasteiger charge is 2.21. The first-order chi connectivity index (χ1) is 15.4. The summed E-state index contributed by atoms with van der Waals surface area (Å²) in [7, 11) is 0.172.